The van der Waals surface area contributed by atoms with Crippen LogP contribution in [0, 0.1) is 0 Å². The second-order valence-electron chi connectivity index (χ2n) is 6.42. The van der Waals surface area contributed by atoms with Crippen molar-refractivity contribution in [3.8, 4) is 22.6 Å². The van der Waals surface area contributed by atoms with Crippen LogP contribution < -0.4 is 0 Å². The van der Waals surface area contributed by atoms with Gasteiger partial charge in [-0.2, -0.15) is 0 Å². The zero-order chi connectivity index (χ0) is 20.1. The fraction of sp³-hybridized carbons (Fsp3) is 0.130. The maximum atomic E-state index is 12.7. The van der Waals surface area contributed by atoms with Crippen LogP contribution in [0.5, 0.6) is 0 Å². The number of carbonyl (C=O) groups is 1. The highest BCUT2D eigenvalue weighted by atomic mass is 32.2. The molecule has 0 radical (unpaired) electrons. The first-order valence-corrected chi connectivity index (χ1v) is 10.4. The SMILES string of the molecule is CCn1c(SCC(=O)c2ccc(-c3ccccc3)cc2)nnc1-c1ccccn1. The molecule has 0 bridgehead atoms. The summed E-state index contributed by atoms with van der Waals surface area (Å²) in [5, 5.41) is 9.26. The number of pyridine rings is 1. The summed E-state index contributed by atoms with van der Waals surface area (Å²) >= 11 is 1.40. The van der Waals surface area contributed by atoms with Gasteiger partial charge in [0.1, 0.15) is 5.69 Å². The molecule has 6 heteroatoms. The molecule has 0 aliphatic heterocycles. The Morgan fingerprint density at radius 2 is 1.62 bits per heavy atom. The summed E-state index contributed by atoms with van der Waals surface area (Å²) in [4.78, 5) is 17.0. The second-order valence-corrected chi connectivity index (χ2v) is 7.36. The highest BCUT2D eigenvalue weighted by Gasteiger charge is 2.16. The van der Waals surface area contributed by atoms with Gasteiger partial charge >= 0.3 is 0 Å². The molecule has 0 amide bonds. The van der Waals surface area contributed by atoms with Crippen molar-refractivity contribution in [1.29, 1.82) is 0 Å². The lowest BCUT2D eigenvalue weighted by Crippen LogP contribution is -2.05. The number of hydrogen-bond acceptors (Lipinski definition) is 5. The molecular weight excluding hydrogens is 380 g/mol. The van der Waals surface area contributed by atoms with Crippen LogP contribution in [0.4, 0.5) is 0 Å². The average Bonchev–Trinajstić information content (AvgIpc) is 3.21. The van der Waals surface area contributed by atoms with E-state index in [0.29, 0.717) is 17.9 Å². The van der Waals surface area contributed by atoms with E-state index >= 15 is 0 Å². The maximum absolute atomic E-state index is 12.7. The number of rotatable bonds is 7. The molecule has 2 aromatic heterocycles. The van der Waals surface area contributed by atoms with E-state index in [1.807, 2.05) is 72.2 Å². The van der Waals surface area contributed by atoms with Crippen LogP contribution in [0.1, 0.15) is 17.3 Å². The minimum atomic E-state index is 0.0691. The molecule has 4 rings (SSSR count). The molecule has 0 N–H and O–H groups in total. The summed E-state index contributed by atoms with van der Waals surface area (Å²) < 4.78 is 1.98. The number of Topliss-reactive ketones (excluding diaryl/α,β-unsaturated/α-hetero) is 1. The van der Waals surface area contributed by atoms with Crippen molar-refractivity contribution in [2.75, 3.05) is 5.75 Å². The van der Waals surface area contributed by atoms with E-state index in [1.54, 1.807) is 6.20 Å². The summed E-state index contributed by atoms with van der Waals surface area (Å²) in [6.07, 6.45) is 1.74. The molecule has 2 heterocycles. The number of thioether (sulfide) groups is 1. The molecule has 144 valence electrons. The quantitative estimate of drug-likeness (QED) is 0.323. The summed E-state index contributed by atoms with van der Waals surface area (Å²) in [6.45, 7) is 2.74. The third-order valence-corrected chi connectivity index (χ3v) is 5.54. The van der Waals surface area contributed by atoms with E-state index in [9.17, 15) is 4.79 Å². The van der Waals surface area contributed by atoms with Crippen molar-refractivity contribution in [2.45, 2.75) is 18.6 Å². The predicted octanol–water partition coefficient (Wildman–Crippen LogP) is 5.00. The monoisotopic (exact) mass is 400 g/mol. The van der Waals surface area contributed by atoms with Crippen LogP contribution in [0.25, 0.3) is 22.6 Å². The van der Waals surface area contributed by atoms with Crippen molar-refractivity contribution in [2.24, 2.45) is 0 Å². The molecule has 0 aliphatic carbocycles. The van der Waals surface area contributed by atoms with Gasteiger partial charge in [0.05, 0.1) is 5.75 Å². The van der Waals surface area contributed by atoms with Gasteiger partial charge in [0, 0.05) is 18.3 Å². The summed E-state index contributed by atoms with van der Waals surface area (Å²) in [7, 11) is 0. The van der Waals surface area contributed by atoms with Gasteiger partial charge in [0.15, 0.2) is 16.8 Å². The Labute approximate surface area is 173 Å². The topological polar surface area (TPSA) is 60.7 Å². The Balaban J connectivity index is 1.45. The Hall–Kier alpha value is -3.25. The molecule has 4 aromatic rings. The average molecular weight is 401 g/mol. The minimum Gasteiger partial charge on any atom is -0.301 e. The Bertz CT molecular complexity index is 1090. The number of aromatic nitrogens is 4. The number of ketones is 1. The second kappa shape index (κ2) is 8.84. The van der Waals surface area contributed by atoms with E-state index in [1.165, 1.54) is 11.8 Å². The third kappa shape index (κ3) is 4.27. The largest absolute Gasteiger partial charge is 0.301 e. The smallest absolute Gasteiger partial charge is 0.191 e. The predicted molar refractivity (Wildman–Crippen MR) is 116 cm³/mol. The zero-order valence-corrected chi connectivity index (χ0v) is 16.8. The number of hydrogen-bond donors (Lipinski definition) is 0. The summed E-state index contributed by atoms with van der Waals surface area (Å²) in [6, 6.07) is 23.6. The number of carbonyl (C=O) groups excluding carboxylic acids is 1. The summed E-state index contributed by atoms with van der Waals surface area (Å²) in [5.41, 5.74) is 3.71. The van der Waals surface area contributed by atoms with Crippen LogP contribution in [-0.4, -0.2) is 31.3 Å². The standard InChI is InChI=1S/C23H20N4OS/c1-2-27-22(20-10-6-7-15-24-20)25-26-23(27)29-16-21(28)19-13-11-18(12-14-19)17-8-4-3-5-9-17/h3-15H,2,16H2,1H3. The van der Waals surface area contributed by atoms with E-state index < -0.39 is 0 Å². The van der Waals surface area contributed by atoms with Gasteiger partial charge in [-0.3, -0.25) is 9.78 Å². The zero-order valence-electron chi connectivity index (χ0n) is 16.0. The molecule has 0 saturated carbocycles. The molecule has 29 heavy (non-hydrogen) atoms. The normalized spacial score (nSPS) is 10.8. The van der Waals surface area contributed by atoms with Crippen LogP contribution in [-0.2, 0) is 6.54 Å². The fourth-order valence-electron chi connectivity index (χ4n) is 3.06. The molecule has 0 fully saturated rings. The van der Waals surface area contributed by atoms with Crippen molar-refractivity contribution < 1.29 is 4.79 Å². The Kier molecular flexibility index (Phi) is 5.81. The van der Waals surface area contributed by atoms with Gasteiger partial charge in [0.25, 0.3) is 0 Å². The third-order valence-electron chi connectivity index (χ3n) is 4.57. The first kappa shape index (κ1) is 19.1. The van der Waals surface area contributed by atoms with Gasteiger partial charge < -0.3 is 4.57 Å². The molecule has 2 aromatic carbocycles. The van der Waals surface area contributed by atoms with Gasteiger partial charge in [-0.1, -0.05) is 72.4 Å². The number of nitrogens with zero attached hydrogens (tertiary/aromatic N) is 4. The molecule has 0 spiro atoms. The molecule has 0 aliphatic rings. The van der Waals surface area contributed by atoms with Gasteiger partial charge in [-0.15, -0.1) is 10.2 Å². The first-order chi connectivity index (χ1) is 14.3. The molecule has 5 nitrogen and oxygen atoms in total. The summed E-state index contributed by atoms with van der Waals surface area (Å²) in [5.74, 6) is 1.10. The van der Waals surface area contributed by atoms with Crippen molar-refractivity contribution in [3.05, 3.63) is 84.6 Å². The minimum absolute atomic E-state index is 0.0691. The highest BCUT2D eigenvalue weighted by Crippen LogP contribution is 2.24. The number of benzene rings is 2. The molecular formula is C23H20N4OS. The molecule has 0 atom stereocenters. The van der Waals surface area contributed by atoms with E-state index in [4.69, 9.17) is 0 Å². The van der Waals surface area contributed by atoms with E-state index in [-0.39, 0.29) is 5.78 Å². The van der Waals surface area contributed by atoms with Crippen LogP contribution in [0.15, 0.2) is 84.1 Å². The fourth-order valence-corrected chi connectivity index (χ4v) is 3.95. The van der Waals surface area contributed by atoms with E-state index in [0.717, 1.165) is 27.8 Å². The maximum Gasteiger partial charge on any atom is 0.191 e. The first-order valence-electron chi connectivity index (χ1n) is 9.42. The highest BCUT2D eigenvalue weighted by molar-refractivity contribution is 7.99. The van der Waals surface area contributed by atoms with Gasteiger partial charge in [0.2, 0.25) is 0 Å². The lowest BCUT2D eigenvalue weighted by atomic mass is 10.0. The van der Waals surface area contributed by atoms with Crippen molar-refractivity contribution in [1.82, 2.24) is 19.7 Å². The van der Waals surface area contributed by atoms with E-state index in [2.05, 4.69) is 27.3 Å². The lowest BCUT2D eigenvalue weighted by molar-refractivity contribution is 0.102. The van der Waals surface area contributed by atoms with Crippen molar-refractivity contribution in [3.63, 3.8) is 0 Å². The van der Waals surface area contributed by atoms with Gasteiger partial charge in [-0.25, -0.2) is 0 Å². The Morgan fingerprint density at radius 1 is 0.897 bits per heavy atom. The van der Waals surface area contributed by atoms with Crippen molar-refractivity contribution >= 4 is 17.5 Å². The Morgan fingerprint density at radius 3 is 2.31 bits per heavy atom. The van der Waals surface area contributed by atoms with Crippen LogP contribution in [0.3, 0.4) is 0 Å². The molecule has 0 saturated heterocycles. The van der Waals surface area contributed by atoms with Crippen LogP contribution >= 0.6 is 11.8 Å². The van der Waals surface area contributed by atoms with Gasteiger partial charge in [-0.05, 0) is 30.2 Å². The molecule has 0 unspecified atom stereocenters. The lowest BCUT2D eigenvalue weighted by Gasteiger charge is -2.07. The van der Waals surface area contributed by atoms with Crippen LogP contribution in [0.2, 0.25) is 0 Å².